The summed E-state index contributed by atoms with van der Waals surface area (Å²) in [5.41, 5.74) is 7.55. The van der Waals surface area contributed by atoms with E-state index in [9.17, 15) is 13.2 Å². The molecule has 36 heavy (non-hydrogen) atoms. The highest BCUT2D eigenvalue weighted by atomic mass is 35.5. The predicted molar refractivity (Wildman–Crippen MR) is 143 cm³/mol. The van der Waals surface area contributed by atoms with Gasteiger partial charge in [0.05, 0.1) is 12.1 Å². The molecule has 1 saturated heterocycles. The number of sulfonamides is 1. The van der Waals surface area contributed by atoms with Gasteiger partial charge in [0.25, 0.3) is 10.0 Å². The number of fused-ring (bicyclic) bond motifs is 2. The lowest BCUT2D eigenvalue weighted by Crippen LogP contribution is -2.57. The number of piperazine rings is 1. The Morgan fingerprint density at radius 3 is 2.75 bits per heavy atom. The first kappa shape index (κ1) is 24.9. The molecule has 0 radical (unpaired) electrons. The number of nitrogens with two attached hydrogens (primary N) is 1. The molecule has 2 aromatic carbocycles. The van der Waals surface area contributed by atoms with Gasteiger partial charge in [0.1, 0.15) is 16.4 Å². The van der Waals surface area contributed by atoms with Crippen molar-refractivity contribution in [2.75, 3.05) is 18.8 Å². The van der Waals surface area contributed by atoms with Crippen molar-refractivity contribution < 1.29 is 13.2 Å². The molecule has 0 unspecified atom stereocenters. The maximum absolute atomic E-state index is 13.6. The van der Waals surface area contributed by atoms with Gasteiger partial charge in [-0.1, -0.05) is 37.6 Å². The molecular weight excluding hydrogens is 518 g/mol. The van der Waals surface area contributed by atoms with Gasteiger partial charge >= 0.3 is 0 Å². The van der Waals surface area contributed by atoms with Crippen LogP contribution in [0.1, 0.15) is 25.8 Å². The smallest absolute Gasteiger partial charge is 0.253 e. The van der Waals surface area contributed by atoms with E-state index in [0.717, 1.165) is 21.0 Å². The van der Waals surface area contributed by atoms with Crippen LogP contribution in [-0.2, 0) is 21.4 Å². The molecule has 1 amide bonds. The first-order valence-electron chi connectivity index (χ1n) is 11.6. The molecule has 0 aliphatic carbocycles. The van der Waals surface area contributed by atoms with E-state index in [2.05, 4.69) is 23.8 Å². The molecule has 5 rings (SSSR count). The van der Waals surface area contributed by atoms with Crippen LogP contribution < -0.4 is 5.73 Å². The highest BCUT2D eigenvalue weighted by molar-refractivity contribution is 7.91. The summed E-state index contributed by atoms with van der Waals surface area (Å²) in [7, 11) is -3.84. The Balaban J connectivity index is 1.43. The van der Waals surface area contributed by atoms with Crippen LogP contribution in [0.25, 0.3) is 21.0 Å². The Morgan fingerprint density at radius 2 is 1.97 bits per heavy atom. The van der Waals surface area contributed by atoms with Crippen molar-refractivity contribution >= 4 is 65.7 Å². The van der Waals surface area contributed by atoms with Gasteiger partial charge in [-0.05, 0) is 53.6 Å². The number of halogens is 1. The molecule has 1 atom stereocenters. The molecule has 3 heterocycles. The number of rotatable bonds is 6. The quantitative estimate of drug-likeness (QED) is 0.382. The number of amides is 1. The maximum Gasteiger partial charge on any atom is 0.253 e. The molecule has 11 heteroatoms. The van der Waals surface area contributed by atoms with Crippen molar-refractivity contribution in [3.8, 4) is 0 Å². The third-order valence-electron chi connectivity index (χ3n) is 6.37. The SMILES string of the molecule is CC(C)C[C@@H]1CN(S(=O)(=O)c2cc3ccc(Cl)cc3s2)CC(=O)N1Cc1ccc2c(N)ncnc2c1. The molecule has 4 aromatic rings. The van der Waals surface area contributed by atoms with E-state index < -0.39 is 10.0 Å². The Bertz CT molecular complexity index is 1570. The number of benzene rings is 2. The second kappa shape index (κ2) is 9.59. The van der Waals surface area contributed by atoms with Crippen molar-refractivity contribution in [3.05, 3.63) is 59.4 Å². The van der Waals surface area contributed by atoms with Crippen LogP contribution in [-0.4, -0.2) is 52.6 Å². The molecule has 8 nitrogen and oxygen atoms in total. The lowest BCUT2D eigenvalue weighted by molar-refractivity contribution is -0.138. The fourth-order valence-electron chi connectivity index (χ4n) is 4.64. The van der Waals surface area contributed by atoms with E-state index in [1.54, 1.807) is 29.2 Å². The van der Waals surface area contributed by atoms with Crippen molar-refractivity contribution in [1.29, 1.82) is 0 Å². The number of hydrogen-bond donors (Lipinski definition) is 1. The number of thiophene rings is 1. The number of nitrogens with zero attached hydrogens (tertiary/aromatic N) is 4. The molecule has 1 fully saturated rings. The summed E-state index contributed by atoms with van der Waals surface area (Å²) >= 11 is 7.26. The van der Waals surface area contributed by atoms with Gasteiger partial charge < -0.3 is 10.6 Å². The van der Waals surface area contributed by atoms with E-state index in [1.165, 1.54) is 22.0 Å². The Kier molecular flexibility index (Phi) is 6.63. The molecule has 188 valence electrons. The van der Waals surface area contributed by atoms with Crippen molar-refractivity contribution in [2.45, 2.75) is 37.1 Å². The second-order valence-electron chi connectivity index (χ2n) is 9.46. The minimum Gasteiger partial charge on any atom is -0.383 e. The van der Waals surface area contributed by atoms with E-state index in [4.69, 9.17) is 17.3 Å². The summed E-state index contributed by atoms with van der Waals surface area (Å²) in [6, 6.07) is 12.4. The summed E-state index contributed by atoms with van der Waals surface area (Å²) in [6.45, 7) is 4.55. The van der Waals surface area contributed by atoms with Crippen LogP contribution in [0.3, 0.4) is 0 Å². The zero-order chi connectivity index (χ0) is 25.6. The molecule has 0 bridgehead atoms. The maximum atomic E-state index is 13.6. The van der Waals surface area contributed by atoms with E-state index in [0.29, 0.717) is 29.3 Å². The number of aromatic nitrogens is 2. The fourth-order valence-corrected chi connectivity index (χ4v) is 7.90. The van der Waals surface area contributed by atoms with Crippen molar-refractivity contribution in [3.63, 3.8) is 0 Å². The van der Waals surface area contributed by atoms with Crippen LogP contribution in [0.15, 0.2) is 53.0 Å². The predicted octanol–water partition coefficient (Wildman–Crippen LogP) is 4.53. The zero-order valence-corrected chi connectivity index (χ0v) is 22.3. The van der Waals surface area contributed by atoms with Crippen LogP contribution in [0.4, 0.5) is 5.82 Å². The largest absolute Gasteiger partial charge is 0.383 e. The van der Waals surface area contributed by atoms with Gasteiger partial charge in [-0.2, -0.15) is 4.31 Å². The molecule has 1 aliphatic rings. The third-order valence-corrected chi connectivity index (χ3v) is 9.96. The van der Waals surface area contributed by atoms with Gasteiger partial charge in [0.15, 0.2) is 0 Å². The summed E-state index contributed by atoms with van der Waals surface area (Å²) < 4.78 is 29.5. The molecule has 0 spiro atoms. The van der Waals surface area contributed by atoms with Gasteiger partial charge in [-0.25, -0.2) is 18.4 Å². The van der Waals surface area contributed by atoms with Gasteiger partial charge in [-0.15, -0.1) is 11.3 Å². The molecule has 0 saturated carbocycles. The Morgan fingerprint density at radius 1 is 1.17 bits per heavy atom. The number of hydrogen-bond acceptors (Lipinski definition) is 7. The summed E-state index contributed by atoms with van der Waals surface area (Å²) in [5.74, 6) is 0.466. The van der Waals surface area contributed by atoms with Crippen molar-refractivity contribution in [1.82, 2.24) is 19.2 Å². The van der Waals surface area contributed by atoms with Gasteiger partial charge in [-0.3, -0.25) is 4.79 Å². The standard InChI is InChI=1S/C25H26ClN5O3S2/c1-15(2)7-19-12-30(36(33,34)24-9-17-4-5-18(26)10-22(17)35-24)13-23(32)31(19)11-16-3-6-20-21(8-16)28-14-29-25(20)27/h3-6,8-10,14-15,19H,7,11-13H2,1-2H3,(H2,27,28,29)/t19-/m1/s1. The molecule has 2 N–H and O–H groups in total. The zero-order valence-electron chi connectivity index (χ0n) is 19.9. The normalized spacial score (nSPS) is 17.5. The van der Waals surface area contributed by atoms with E-state index in [-0.39, 0.29) is 35.2 Å². The van der Waals surface area contributed by atoms with Crippen LogP contribution >= 0.6 is 22.9 Å². The topological polar surface area (TPSA) is 109 Å². The minimum absolute atomic E-state index is 0.200. The third kappa shape index (κ3) is 4.78. The summed E-state index contributed by atoms with van der Waals surface area (Å²) in [6.07, 6.45) is 2.10. The molecule has 2 aromatic heterocycles. The van der Waals surface area contributed by atoms with Gasteiger partial charge in [0, 0.05) is 34.2 Å². The van der Waals surface area contributed by atoms with Crippen LogP contribution in [0.5, 0.6) is 0 Å². The van der Waals surface area contributed by atoms with E-state index in [1.807, 2.05) is 18.2 Å². The monoisotopic (exact) mass is 543 g/mol. The highest BCUT2D eigenvalue weighted by Crippen LogP contribution is 2.34. The molecule has 1 aliphatic heterocycles. The lowest BCUT2D eigenvalue weighted by atomic mass is 9.99. The minimum atomic E-state index is -3.84. The Hall–Kier alpha value is -2.79. The highest BCUT2D eigenvalue weighted by Gasteiger charge is 2.39. The number of anilines is 1. The van der Waals surface area contributed by atoms with E-state index >= 15 is 0 Å². The fraction of sp³-hybridized carbons (Fsp3) is 0.320. The summed E-state index contributed by atoms with van der Waals surface area (Å²) in [4.78, 5) is 23.5. The average molecular weight is 544 g/mol. The summed E-state index contributed by atoms with van der Waals surface area (Å²) in [5, 5.41) is 2.12. The molecular formula is C25H26ClN5O3S2. The number of nitrogen functional groups attached to an aromatic ring is 1. The Labute approximate surface area is 218 Å². The number of carbonyl (C=O) groups is 1. The van der Waals surface area contributed by atoms with Crippen LogP contribution in [0, 0.1) is 5.92 Å². The van der Waals surface area contributed by atoms with Crippen molar-refractivity contribution in [2.24, 2.45) is 5.92 Å². The second-order valence-corrected chi connectivity index (χ2v) is 13.1. The number of carbonyl (C=O) groups excluding carboxylic acids is 1. The van der Waals surface area contributed by atoms with Crippen LogP contribution in [0.2, 0.25) is 5.02 Å². The average Bonchev–Trinajstić information content (AvgIpc) is 3.25. The first-order valence-corrected chi connectivity index (χ1v) is 14.2. The first-order chi connectivity index (χ1) is 17.1. The van der Waals surface area contributed by atoms with Gasteiger partial charge in [0.2, 0.25) is 5.91 Å². The lowest BCUT2D eigenvalue weighted by Gasteiger charge is -2.41.